The third-order valence-corrected chi connectivity index (χ3v) is 3.68. The van der Waals surface area contributed by atoms with E-state index in [9.17, 15) is 17.6 Å². The van der Waals surface area contributed by atoms with Crippen molar-refractivity contribution in [2.45, 2.75) is 12.1 Å². The number of methoxy groups -OCH3 is 2. The van der Waals surface area contributed by atoms with Gasteiger partial charge in [0, 0.05) is 11.1 Å². The van der Waals surface area contributed by atoms with Crippen LogP contribution in [0.3, 0.4) is 0 Å². The minimum Gasteiger partial charge on any atom is -0.494 e. The maximum atomic E-state index is 14.3. The molecule has 2 rings (SSSR count). The summed E-state index contributed by atoms with van der Waals surface area (Å²) in [6.45, 7) is 0. The summed E-state index contributed by atoms with van der Waals surface area (Å²) in [6, 6.07) is 0.884. The van der Waals surface area contributed by atoms with Crippen molar-refractivity contribution in [2.75, 3.05) is 14.2 Å². The van der Waals surface area contributed by atoms with Crippen LogP contribution in [0.15, 0.2) is 24.3 Å². The van der Waals surface area contributed by atoms with Crippen molar-refractivity contribution < 1.29 is 27.0 Å². The summed E-state index contributed by atoms with van der Waals surface area (Å²) in [6.07, 6.45) is 0. The summed E-state index contributed by atoms with van der Waals surface area (Å²) in [4.78, 5) is 0. The molecule has 0 saturated carbocycles. The van der Waals surface area contributed by atoms with Crippen LogP contribution in [0.25, 0.3) is 0 Å². The van der Waals surface area contributed by atoms with Gasteiger partial charge in [-0.3, -0.25) is 0 Å². The highest BCUT2D eigenvalue weighted by Gasteiger charge is 2.30. The first kappa shape index (κ1) is 18.0. The summed E-state index contributed by atoms with van der Waals surface area (Å²) >= 11 is 0. The fourth-order valence-electron chi connectivity index (χ4n) is 2.38. The van der Waals surface area contributed by atoms with Crippen molar-refractivity contribution in [2.24, 2.45) is 11.5 Å². The second-order valence-electron chi connectivity index (χ2n) is 5.01. The smallest absolute Gasteiger partial charge is 0.172 e. The topological polar surface area (TPSA) is 70.5 Å². The van der Waals surface area contributed by atoms with Gasteiger partial charge >= 0.3 is 0 Å². The predicted molar refractivity (Wildman–Crippen MR) is 79.7 cm³/mol. The molecule has 130 valence electrons. The molecule has 2 atom stereocenters. The highest BCUT2D eigenvalue weighted by molar-refractivity contribution is 5.39. The lowest BCUT2D eigenvalue weighted by Gasteiger charge is -2.23. The number of halogens is 4. The Morgan fingerprint density at radius 2 is 1.04 bits per heavy atom. The molecule has 0 bridgehead atoms. The van der Waals surface area contributed by atoms with Crippen molar-refractivity contribution in [1.29, 1.82) is 0 Å². The Labute approximate surface area is 136 Å². The largest absolute Gasteiger partial charge is 0.494 e. The maximum Gasteiger partial charge on any atom is 0.172 e. The van der Waals surface area contributed by atoms with Crippen molar-refractivity contribution in [3.63, 3.8) is 0 Å². The van der Waals surface area contributed by atoms with E-state index in [1.807, 2.05) is 0 Å². The number of hydrogen-bond donors (Lipinski definition) is 2. The molecule has 0 fully saturated rings. The van der Waals surface area contributed by atoms with Gasteiger partial charge in [-0.25, -0.2) is 17.6 Å². The third kappa shape index (κ3) is 3.02. The standard InChI is InChI=1S/C16H16F4N2O2/c1-23-9-5-3-7(17)11(13(9)19)15(21)16(22)12-8(18)4-6-10(24-2)14(12)20/h3-6,15-16H,21-22H2,1-2H3/t15-,16-/m0/s1. The molecule has 4 nitrogen and oxygen atoms in total. The van der Waals surface area contributed by atoms with E-state index in [1.165, 1.54) is 14.2 Å². The molecule has 0 amide bonds. The molecule has 2 aromatic carbocycles. The van der Waals surface area contributed by atoms with Crippen LogP contribution >= 0.6 is 0 Å². The second-order valence-corrected chi connectivity index (χ2v) is 5.01. The van der Waals surface area contributed by atoms with Crippen LogP contribution in [0.4, 0.5) is 17.6 Å². The zero-order valence-corrected chi connectivity index (χ0v) is 12.9. The Hall–Kier alpha value is -2.32. The molecule has 0 radical (unpaired) electrons. The number of hydrogen-bond acceptors (Lipinski definition) is 4. The second kappa shape index (κ2) is 7.06. The van der Waals surface area contributed by atoms with E-state index < -0.39 is 46.5 Å². The zero-order chi connectivity index (χ0) is 18.0. The van der Waals surface area contributed by atoms with Gasteiger partial charge in [0.2, 0.25) is 0 Å². The van der Waals surface area contributed by atoms with E-state index in [0.717, 1.165) is 24.3 Å². The van der Waals surface area contributed by atoms with Gasteiger partial charge in [0.05, 0.1) is 26.3 Å². The van der Waals surface area contributed by atoms with Crippen LogP contribution in [0, 0.1) is 23.3 Å². The lowest BCUT2D eigenvalue weighted by molar-refractivity contribution is 0.366. The molecule has 0 aliphatic carbocycles. The molecular weight excluding hydrogens is 328 g/mol. The maximum absolute atomic E-state index is 14.3. The number of rotatable bonds is 5. The summed E-state index contributed by atoms with van der Waals surface area (Å²) in [5.74, 6) is -4.69. The molecule has 0 aromatic heterocycles. The third-order valence-electron chi connectivity index (χ3n) is 3.68. The quantitative estimate of drug-likeness (QED) is 0.818. The minimum atomic E-state index is -1.56. The molecule has 2 aromatic rings. The van der Waals surface area contributed by atoms with Crippen LogP contribution in [0.1, 0.15) is 23.2 Å². The molecule has 24 heavy (non-hydrogen) atoms. The van der Waals surface area contributed by atoms with Crippen LogP contribution in [0.2, 0.25) is 0 Å². The normalized spacial score (nSPS) is 13.5. The van der Waals surface area contributed by atoms with Gasteiger partial charge in [-0.15, -0.1) is 0 Å². The van der Waals surface area contributed by atoms with E-state index in [-0.39, 0.29) is 11.5 Å². The zero-order valence-electron chi connectivity index (χ0n) is 12.9. The van der Waals surface area contributed by atoms with Crippen LogP contribution in [0.5, 0.6) is 11.5 Å². The lowest BCUT2D eigenvalue weighted by Crippen LogP contribution is -2.30. The van der Waals surface area contributed by atoms with E-state index in [0.29, 0.717) is 0 Å². The van der Waals surface area contributed by atoms with Crippen LogP contribution in [-0.2, 0) is 0 Å². The predicted octanol–water partition coefficient (Wildman–Crippen LogP) is 2.96. The van der Waals surface area contributed by atoms with Crippen molar-refractivity contribution in [3.8, 4) is 11.5 Å². The monoisotopic (exact) mass is 344 g/mol. The van der Waals surface area contributed by atoms with Gasteiger partial charge in [-0.05, 0) is 24.3 Å². The minimum absolute atomic E-state index is 0.263. The van der Waals surface area contributed by atoms with Gasteiger partial charge in [0.25, 0.3) is 0 Å². The molecule has 0 unspecified atom stereocenters. The average molecular weight is 344 g/mol. The van der Waals surface area contributed by atoms with Gasteiger partial charge in [0.1, 0.15) is 11.6 Å². The molecule has 0 aliphatic rings. The van der Waals surface area contributed by atoms with E-state index >= 15 is 0 Å². The van der Waals surface area contributed by atoms with Gasteiger partial charge < -0.3 is 20.9 Å². The molecule has 0 aliphatic heterocycles. The molecule has 4 N–H and O–H groups in total. The average Bonchev–Trinajstić information content (AvgIpc) is 2.55. The first-order valence-corrected chi connectivity index (χ1v) is 6.88. The Morgan fingerprint density at radius 1 is 0.708 bits per heavy atom. The molecule has 0 heterocycles. The molecule has 0 saturated heterocycles. The van der Waals surface area contributed by atoms with Crippen molar-refractivity contribution in [3.05, 3.63) is 58.7 Å². The summed E-state index contributed by atoms with van der Waals surface area (Å²) in [5, 5.41) is 0. The van der Waals surface area contributed by atoms with Crippen molar-refractivity contribution >= 4 is 0 Å². The Kier molecular flexibility index (Phi) is 5.30. The summed E-state index contributed by atoms with van der Waals surface area (Å²) in [5.41, 5.74) is 10.3. The SMILES string of the molecule is COc1ccc(F)c([C@H](N)[C@@H](N)c2c(F)ccc(OC)c2F)c1F. The van der Waals surface area contributed by atoms with Crippen LogP contribution < -0.4 is 20.9 Å². The highest BCUT2D eigenvalue weighted by Crippen LogP contribution is 2.36. The van der Waals surface area contributed by atoms with E-state index in [2.05, 4.69) is 0 Å². The first-order chi connectivity index (χ1) is 11.3. The van der Waals surface area contributed by atoms with Crippen LogP contribution in [-0.4, -0.2) is 14.2 Å². The van der Waals surface area contributed by atoms with Gasteiger partial charge in [-0.1, -0.05) is 0 Å². The van der Waals surface area contributed by atoms with Gasteiger partial charge in [-0.2, -0.15) is 0 Å². The number of benzene rings is 2. The Morgan fingerprint density at radius 3 is 1.33 bits per heavy atom. The van der Waals surface area contributed by atoms with E-state index in [1.54, 1.807) is 0 Å². The summed E-state index contributed by atoms with van der Waals surface area (Å²) < 4.78 is 66.1. The van der Waals surface area contributed by atoms with E-state index in [4.69, 9.17) is 20.9 Å². The fourth-order valence-corrected chi connectivity index (χ4v) is 2.38. The lowest BCUT2D eigenvalue weighted by atomic mass is 9.93. The Bertz CT molecular complexity index is 692. The van der Waals surface area contributed by atoms with Crippen molar-refractivity contribution in [1.82, 2.24) is 0 Å². The molecular formula is C16H16F4N2O2. The summed E-state index contributed by atoms with van der Waals surface area (Å²) in [7, 11) is 2.37. The molecule has 0 spiro atoms. The number of nitrogens with two attached hydrogens (primary N) is 2. The van der Waals surface area contributed by atoms with Gasteiger partial charge in [0.15, 0.2) is 23.1 Å². The number of ether oxygens (including phenoxy) is 2. The molecule has 8 heteroatoms. The Balaban J connectivity index is 2.54. The first-order valence-electron chi connectivity index (χ1n) is 6.88. The fraction of sp³-hybridized carbons (Fsp3) is 0.250. The highest BCUT2D eigenvalue weighted by atomic mass is 19.1.